The predicted molar refractivity (Wildman–Crippen MR) is 43.9 cm³/mol. The molecule has 0 saturated heterocycles. The molecule has 0 aliphatic rings. The van der Waals surface area contributed by atoms with Crippen LogP contribution in [0.15, 0.2) is 0 Å². The molecule has 3 nitrogen and oxygen atoms in total. The summed E-state index contributed by atoms with van der Waals surface area (Å²) in [4.78, 5) is 11.1. The van der Waals surface area contributed by atoms with Gasteiger partial charge in [0.25, 0.3) is 0 Å². The minimum atomic E-state index is -1.31. The van der Waals surface area contributed by atoms with Crippen molar-refractivity contribution >= 4 is 5.78 Å². The molecule has 0 bridgehead atoms. The zero-order valence-corrected chi connectivity index (χ0v) is 17.7. The third kappa shape index (κ3) is 9.03. The smallest absolute Gasteiger partial charge is 0.0889 e. The number of nitrogens with two attached hydrogens (primary N) is 1. The molecule has 1 radical (unpaired) electrons. The van der Waals surface area contributed by atoms with Crippen LogP contribution < -0.4 is 5.73 Å². The van der Waals surface area contributed by atoms with Gasteiger partial charge >= 0.3 is 0 Å². The van der Waals surface area contributed by atoms with Gasteiger partial charge in [-0.15, -0.1) is 0 Å². The summed E-state index contributed by atoms with van der Waals surface area (Å²) in [5.41, 5.74) is 3.58. The van der Waals surface area contributed by atoms with Gasteiger partial charge in [-0.05, 0) is 13.8 Å². The molecule has 13 heavy (non-hydrogen) atoms. The van der Waals surface area contributed by atoms with Crippen molar-refractivity contribution in [2.45, 2.75) is 38.8 Å². The van der Waals surface area contributed by atoms with E-state index < -0.39 is 11.1 Å². The van der Waals surface area contributed by atoms with Crippen LogP contribution in [0.2, 0.25) is 0 Å². The largest absolute Gasteiger partial charge is 0.385 e. The normalized spacial score (nSPS) is 10.9. The van der Waals surface area contributed by atoms with Crippen LogP contribution in [0.25, 0.3) is 0 Å². The van der Waals surface area contributed by atoms with Gasteiger partial charge in [-0.25, -0.2) is 0 Å². The first kappa shape index (κ1) is 18.0. The van der Waals surface area contributed by atoms with Crippen molar-refractivity contribution in [3.8, 4) is 0 Å². The van der Waals surface area contributed by atoms with Crippen molar-refractivity contribution in [3.05, 3.63) is 6.42 Å². The zero-order chi connectivity index (χ0) is 9.28. The van der Waals surface area contributed by atoms with Crippen LogP contribution in [0.3, 0.4) is 0 Å². The van der Waals surface area contributed by atoms with Gasteiger partial charge in [0, 0.05) is 26.2 Å². The Labute approximate surface area is 87.4 Å². The third-order valence-corrected chi connectivity index (χ3v) is 1.11. The molecule has 3 N–H and O–H groups in total. The summed E-state index contributed by atoms with van der Waals surface area (Å²) in [6, 6.07) is 0. The summed E-state index contributed by atoms with van der Waals surface area (Å²) in [6.45, 7) is 6.29. The first-order chi connectivity index (χ1) is 4.63. The summed E-state index contributed by atoms with van der Waals surface area (Å²) < 4.78 is 0. The summed E-state index contributed by atoms with van der Waals surface area (Å²) in [5, 5.41) is 9.21. The number of carbonyl (C=O) groups is 1. The molecule has 0 aromatic rings. The molecule has 0 aliphatic carbocycles. The monoisotopic (exact) mass is 612 g/mol. The topological polar surface area (TPSA) is 63.3 Å². The van der Waals surface area contributed by atoms with E-state index in [-0.39, 0.29) is 26.2 Å². The Morgan fingerprint density at radius 1 is 1.31 bits per heavy atom. The fraction of sp³-hybridized carbons (Fsp3) is 0.750. The second kappa shape index (κ2) is 4.98. The molecule has 0 fully saturated rings. The molecular formula is C8H16NO2ReRf-. The Morgan fingerprint density at radius 3 is 1.69 bits per heavy atom. The Bertz CT molecular complexity index is 161. The Balaban J connectivity index is -0.000000500. The number of hydrogen-bond donors (Lipinski definition) is 2. The van der Waals surface area contributed by atoms with Crippen LogP contribution in [-0.2, 0) is 25.2 Å². The van der Waals surface area contributed by atoms with E-state index >= 15 is 0 Å². The van der Waals surface area contributed by atoms with Crippen LogP contribution in [0.1, 0.15) is 27.7 Å². The number of Topliss-reactive ketones (excluding diaryl/α,β-unsaturated/α-hetero) is 1. The maximum atomic E-state index is 11.1. The number of ketones is 1. The number of hydrogen-bond acceptors (Lipinski definition) is 3. The van der Waals surface area contributed by atoms with Crippen molar-refractivity contribution < 1.29 is 30.3 Å². The molecule has 75 valence electrons. The molecule has 0 amide bonds. The summed E-state index contributed by atoms with van der Waals surface area (Å²) in [7, 11) is 0. The SMILES string of the molecule is CC(C)(N)[CH-]C(=O)C(C)(C)O.[Re].[Rf]. The Hall–Kier alpha value is -0.878. The van der Waals surface area contributed by atoms with Gasteiger partial charge in [0.15, 0.2) is 0 Å². The van der Waals surface area contributed by atoms with Crippen LogP contribution in [-0.4, -0.2) is 22.0 Å². The summed E-state index contributed by atoms with van der Waals surface area (Å²) in [6.07, 6.45) is 1.33. The first-order valence-electron chi connectivity index (χ1n) is 3.54. The third-order valence-electron chi connectivity index (χ3n) is 1.11. The van der Waals surface area contributed by atoms with Gasteiger partial charge in [0.2, 0.25) is 0 Å². The van der Waals surface area contributed by atoms with Gasteiger partial charge in [-0.3, -0.25) is 0 Å². The molecule has 0 heterocycles. The van der Waals surface area contributed by atoms with E-state index in [9.17, 15) is 9.90 Å². The van der Waals surface area contributed by atoms with Gasteiger partial charge in [-0.1, -0.05) is 19.4 Å². The van der Waals surface area contributed by atoms with Crippen LogP contribution >= 0.6 is 0 Å². The Morgan fingerprint density at radius 2 is 1.62 bits per heavy atom. The molecule has 0 spiro atoms. The molecule has 0 aliphatic heterocycles. The predicted octanol–water partition coefficient (Wildman–Crippen LogP) is 0.265. The average molecular weight is 611 g/mol. The molecule has 0 aromatic heterocycles. The minimum Gasteiger partial charge on any atom is -0.385 e. The molecule has 0 rings (SSSR count). The minimum absolute atomic E-state index is 0. The molecule has 5 heteroatoms. The molecule has 0 unspecified atom stereocenters. The number of carbonyl (C=O) groups excluding carboxylic acids is 1. The van der Waals surface area contributed by atoms with E-state index in [0.717, 1.165) is 0 Å². The number of rotatable bonds is 3. The quantitative estimate of drug-likeness (QED) is 0.451. The van der Waals surface area contributed by atoms with E-state index in [4.69, 9.17) is 5.73 Å². The van der Waals surface area contributed by atoms with Crippen LogP contribution in [0.4, 0.5) is 0 Å². The molecular weight excluding hydrogens is 595 g/mol. The van der Waals surface area contributed by atoms with Crippen LogP contribution in [0, 0.1) is 6.42 Å². The standard InChI is InChI=1S/C8H16NO2.Re.Rf/c1-7(2,9)5-6(10)8(3,4)11;;/h5,11H,9H2,1-4H3;;/q-1;;. The fourth-order valence-electron chi connectivity index (χ4n) is 0.514. The van der Waals surface area contributed by atoms with E-state index in [1.54, 1.807) is 13.8 Å². The van der Waals surface area contributed by atoms with E-state index in [2.05, 4.69) is 0 Å². The van der Waals surface area contributed by atoms with Gasteiger partial charge in [0.1, 0.15) is 0 Å². The maximum Gasteiger partial charge on any atom is 0.0889 e. The second-order valence-electron chi connectivity index (χ2n) is 3.89. The van der Waals surface area contributed by atoms with Crippen molar-refractivity contribution in [2.24, 2.45) is 5.73 Å². The van der Waals surface area contributed by atoms with Crippen molar-refractivity contribution in [1.82, 2.24) is 0 Å². The summed E-state index contributed by atoms with van der Waals surface area (Å²) in [5.74, 6) is -0.343. The fourth-order valence-corrected chi connectivity index (χ4v) is 0.514. The van der Waals surface area contributed by atoms with Gasteiger partial charge in [-0.2, -0.15) is 0 Å². The van der Waals surface area contributed by atoms with Gasteiger partial charge < -0.3 is 22.1 Å². The van der Waals surface area contributed by atoms with Crippen molar-refractivity contribution in [3.63, 3.8) is 0 Å². The Kier molecular flexibility index (Phi) is 6.91. The number of aliphatic hydroxyl groups is 1. The van der Waals surface area contributed by atoms with E-state index in [1.165, 1.54) is 20.3 Å². The van der Waals surface area contributed by atoms with E-state index in [0.29, 0.717) is 0 Å². The zero-order valence-electron chi connectivity index (χ0n) is 8.60. The first-order valence-corrected chi connectivity index (χ1v) is 3.54. The molecule has 0 saturated carbocycles. The average Bonchev–Trinajstić information content (AvgIpc) is 1.56. The summed E-state index contributed by atoms with van der Waals surface area (Å²) >= 11 is 0. The van der Waals surface area contributed by atoms with Crippen LogP contribution in [0.5, 0.6) is 0 Å². The van der Waals surface area contributed by atoms with Crippen molar-refractivity contribution in [1.29, 1.82) is 0 Å². The van der Waals surface area contributed by atoms with Gasteiger partial charge in [0.05, 0.1) is 5.60 Å². The maximum absolute atomic E-state index is 11.1. The molecule has 0 aromatic carbocycles. The van der Waals surface area contributed by atoms with Crippen molar-refractivity contribution in [2.75, 3.05) is 0 Å². The van der Waals surface area contributed by atoms with E-state index in [1.807, 2.05) is 0 Å². The second-order valence-corrected chi connectivity index (χ2v) is 3.89. The molecule has 0 atom stereocenters.